The lowest BCUT2D eigenvalue weighted by Crippen LogP contribution is -2.45. The molecule has 180 valence electrons. The average molecular weight is 483 g/mol. The summed E-state index contributed by atoms with van der Waals surface area (Å²) in [6.45, 7) is 6.02. The van der Waals surface area contributed by atoms with Gasteiger partial charge in [-0.3, -0.25) is 4.79 Å². The largest absolute Gasteiger partial charge is 0.495 e. The zero-order valence-electron chi connectivity index (χ0n) is 19.8. The SMILES string of the molecule is CCOc1ccc(S(=O)(=O)N[C@H](Cc2ccccc2)C(=O)Nc2cc(C)ccc2OC)cc1C. The van der Waals surface area contributed by atoms with Crippen molar-refractivity contribution in [3.05, 3.63) is 83.4 Å². The van der Waals surface area contributed by atoms with E-state index in [1.807, 2.05) is 50.2 Å². The van der Waals surface area contributed by atoms with E-state index in [0.717, 1.165) is 11.1 Å². The van der Waals surface area contributed by atoms with Gasteiger partial charge in [0.15, 0.2) is 0 Å². The van der Waals surface area contributed by atoms with Crippen LogP contribution in [0.25, 0.3) is 0 Å². The molecule has 0 fully saturated rings. The molecule has 3 aromatic carbocycles. The lowest BCUT2D eigenvalue weighted by atomic mass is 10.1. The molecule has 0 unspecified atom stereocenters. The molecular weight excluding hydrogens is 452 g/mol. The minimum atomic E-state index is -3.99. The molecule has 2 N–H and O–H groups in total. The zero-order chi connectivity index (χ0) is 24.7. The van der Waals surface area contributed by atoms with Gasteiger partial charge < -0.3 is 14.8 Å². The second-order valence-corrected chi connectivity index (χ2v) is 9.63. The van der Waals surface area contributed by atoms with Crippen molar-refractivity contribution in [2.24, 2.45) is 0 Å². The summed E-state index contributed by atoms with van der Waals surface area (Å²) in [4.78, 5) is 13.4. The van der Waals surface area contributed by atoms with Crippen LogP contribution in [-0.4, -0.2) is 34.1 Å². The predicted molar refractivity (Wildman–Crippen MR) is 133 cm³/mol. The van der Waals surface area contributed by atoms with Gasteiger partial charge in [-0.15, -0.1) is 0 Å². The van der Waals surface area contributed by atoms with Crippen LogP contribution >= 0.6 is 0 Å². The summed E-state index contributed by atoms with van der Waals surface area (Å²) in [5.41, 5.74) is 2.92. The Morgan fingerprint density at radius 3 is 2.32 bits per heavy atom. The first kappa shape index (κ1) is 25.3. The number of hydrogen-bond acceptors (Lipinski definition) is 5. The normalized spacial score (nSPS) is 12.1. The Bertz CT molecular complexity index is 1240. The highest BCUT2D eigenvalue weighted by Crippen LogP contribution is 2.26. The summed E-state index contributed by atoms with van der Waals surface area (Å²) in [5.74, 6) is 0.618. The van der Waals surface area contributed by atoms with E-state index in [0.29, 0.717) is 29.4 Å². The summed E-state index contributed by atoms with van der Waals surface area (Å²) in [6, 6.07) is 18.2. The molecule has 0 spiro atoms. The molecule has 3 aromatic rings. The van der Waals surface area contributed by atoms with Crippen molar-refractivity contribution in [1.82, 2.24) is 4.72 Å². The van der Waals surface area contributed by atoms with Gasteiger partial charge in [0, 0.05) is 0 Å². The van der Waals surface area contributed by atoms with E-state index in [9.17, 15) is 13.2 Å². The van der Waals surface area contributed by atoms with E-state index in [1.165, 1.54) is 19.2 Å². The summed E-state index contributed by atoms with van der Waals surface area (Å²) in [7, 11) is -2.48. The fourth-order valence-electron chi connectivity index (χ4n) is 3.54. The van der Waals surface area contributed by atoms with Gasteiger partial charge in [-0.05, 0) is 74.2 Å². The van der Waals surface area contributed by atoms with E-state index in [-0.39, 0.29) is 11.3 Å². The number of amides is 1. The number of aryl methyl sites for hydroxylation is 2. The number of sulfonamides is 1. The van der Waals surface area contributed by atoms with Gasteiger partial charge in [0.25, 0.3) is 0 Å². The Kier molecular flexibility index (Phi) is 8.31. The van der Waals surface area contributed by atoms with Gasteiger partial charge in [-0.25, -0.2) is 8.42 Å². The van der Waals surface area contributed by atoms with Crippen molar-refractivity contribution >= 4 is 21.6 Å². The van der Waals surface area contributed by atoms with Crippen LogP contribution in [-0.2, 0) is 21.2 Å². The number of carbonyl (C=O) groups excluding carboxylic acids is 1. The first-order valence-electron chi connectivity index (χ1n) is 11.0. The van der Waals surface area contributed by atoms with Crippen LogP contribution in [0.15, 0.2) is 71.6 Å². The van der Waals surface area contributed by atoms with Crippen LogP contribution in [0, 0.1) is 13.8 Å². The first-order valence-corrected chi connectivity index (χ1v) is 12.5. The number of benzene rings is 3. The zero-order valence-corrected chi connectivity index (χ0v) is 20.6. The van der Waals surface area contributed by atoms with Crippen LogP contribution in [0.4, 0.5) is 5.69 Å². The van der Waals surface area contributed by atoms with E-state index in [2.05, 4.69) is 10.0 Å². The number of anilines is 1. The fraction of sp³-hybridized carbons (Fsp3) is 0.269. The third kappa shape index (κ3) is 6.36. The summed E-state index contributed by atoms with van der Waals surface area (Å²) < 4.78 is 39.9. The molecule has 0 heterocycles. The maximum atomic E-state index is 13.3. The van der Waals surface area contributed by atoms with Crippen molar-refractivity contribution < 1.29 is 22.7 Å². The number of ether oxygens (including phenoxy) is 2. The minimum absolute atomic E-state index is 0.0625. The molecule has 0 aliphatic heterocycles. The molecule has 0 radical (unpaired) electrons. The molecule has 0 bridgehead atoms. The highest BCUT2D eigenvalue weighted by Gasteiger charge is 2.27. The standard InChI is InChI=1S/C26H30N2O5S/c1-5-33-24-14-12-21(16-19(24)3)34(30,31)28-23(17-20-9-7-6-8-10-20)26(29)27-22-15-18(2)11-13-25(22)32-4/h6-16,23,28H,5,17H2,1-4H3,(H,27,29)/t23-/m1/s1. The lowest BCUT2D eigenvalue weighted by Gasteiger charge is -2.20. The molecular formula is C26H30N2O5S. The molecule has 3 rings (SSSR count). The summed E-state index contributed by atoms with van der Waals surface area (Å²) >= 11 is 0. The van der Waals surface area contributed by atoms with E-state index >= 15 is 0 Å². The number of hydrogen-bond donors (Lipinski definition) is 2. The molecule has 0 aliphatic rings. The molecule has 0 saturated heterocycles. The lowest BCUT2D eigenvalue weighted by molar-refractivity contribution is -0.117. The number of methoxy groups -OCH3 is 1. The monoisotopic (exact) mass is 482 g/mol. The Hall–Kier alpha value is -3.36. The van der Waals surface area contributed by atoms with Gasteiger partial charge in [-0.2, -0.15) is 4.72 Å². The second-order valence-electron chi connectivity index (χ2n) is 7.92. The molecule has 8 heteroatoms. The Labute approximate surface area is 201 Å². The van der Waals surface area contributed by atoms with Crippen molar-refractivity contribution in [3.8, 4) is 11.5 Å². The van der Waals surface area contributed by atoms with Crippen molar-refractivity contribution in [2.45, 2.75) is 38.1 Å². The Balaban J connectivity index is 1.90. The molecule has 0 saturated carbocycles. The summed E-state index contributed by atoms with van der Waals surface area (Å²) in [6.07, 6.45) is 0.177. The van der Waals surface area contributed by atoms with Gasteiger partial charge in [-0.1, -0.05) is 36.4 Å². The Morgan fingerprint density at radius 1 is 0.971 bits per heavy atom. The van der Waals surface area contributed by atoms with E-state index < -0.39 is 22.0 Å². The maximum absolute atomic E-state index is 13.3. The Morgan fingerprint density at radius 2 is 1.68 bits per heavy atom. The third-order valence-electron chi connectivity index (χ3n) is 5.27. The van der Waals surface area contributed by atoms with Gasteiger partial charge in [0.2, 0.25) is 15.9 Å². The molecule has 7 nitrogen and oxygen atoms in total. The van der Waals surface area contributed by atoms with E-state index in [4.69, 9.17) is 9.47 Å². The molecule has 0 aliphatic carbocycles. The first-order chi connectivity index (χ1) is 16.2. The smallest absolute Gasteiger partial charge is 0.243 e. The number of rotatable bonds is 10. The molecule has 1 amide bonds. The molecule has 0 aromatic heterocycles. The van der Waals surface area contributed by atoms with Gasteiger partial charge in [0.1, 0.15) is 17.5 Å². The van der Waals surface area contributed by atoms with Crippen molar-refractivity contribution in [3.63, 3.8) is 0 Å². The van der Waals surface area contributed by atoms with Gasteiger partial charge >= 0.3 is 0 Å². The molecule has 34 heavy (non-hydrogen) atoms. The van der Waals surface area contributed by atoms with Crippen LogP contribution < -0.4 is 19.5 Å². The second kappa shape index (κ2) is 11.2. The van der Waals surface area contributed by atoms with Crippen LogP contribution in [0.5, 0.6) is 11.5 Å². The van der Waals surface area contributed by atoms with Crippen LogP contribution in [0.3, 0.4) is 0 Å². The fourth-order valence-corrected chi connectivity index (χ4v) is 4.82. The average Bonchev–Trinajstić information content (AvgIpc) is 2.80. The maximum Gasteiger partial charge on any atom is 0.243 e. The van der Waals surface area contributed by atoms with Crippen LogP contribution in [0.2, 0.25) is 0 Å². The highest BCUT2D eigenvalue weighted by atomic mass is 32.2. The number of carbonyl (C=O) groups is 1. The van der Waals surface area contributed by atoms with E-state index in [1.54, 1.807) is 25.1 Å². The predicted octanol–water partition coefficient (Wildman–Crippen LogP) is 4.24. The molecule has 1 atom stereocenters. The number of nitrogens with one attached hydrogen (secondary N) is 2. The quantitative estimate of drug-likeness (QED) is 0.451. The minimum Gasteiger partial charge on any atom is -0.495 e. The summed E-state index contributed by atoms with van der Waals surface area (Å²) in [5, 5.41) is 2.82. The van der Waals surface area contributed by atoms with Crippen molar-refractivity contribution in [2.75, 3.05) is 19.0 Å². The topological polar surface area (TPSA) is 93.7 Å². The third-order valence-corrected chi connectivity index (χ3v) is 6.74. The van der Waals surface area contributed by atoms with Gasteiger partial charge in [0.05, 0.1) is 24.3 Å². The van der Waals surface area contributed by atoms with Crippen molar-refractivity contribution in [1.29, 1.82) is 0 Å². The van der Waals surface area contributed by atoms with Crippen LogP contribution in [0.1, 0.15) is 23.6 Å². The highest BCUT2D eigenvalue weighted by molar-refractivity contribution is 7.89.